The number of nitrogens with zero attached hydrogens (tertiary/aromatic N) is 1. The van der Waals surface area contributed by atoms with Gasteiger partial charge < -0.3 is 15.2 Å². The van der Waals surface area contributed by atoms with Crippen molar-refractivity contribution in [2.24, 2.45) is 0 Å². The minimum Gasteiger partial charge on any atom is -0.508 e. The molecule has 6 heteroatoms. The Morgan fingerprint density at radius 3 is 2.75 bits per heavy atom. The molecule has 0 aliphatic heterocycles. The molecule has 0 radical (unpaired) electrons. The molecule has 0 saturated heterocycles. The Labute approximate surface area is 143 Å². The molecule has 0 bridgehead atoms. The smallest absolute Gasteiger partial charge is 0.217 e. The van der Waals surface area contributed by atoms with E-state index in [-0.39, 0.29) is 17.7 Å². The van der Waals surface area contributed by atoms with Crippen LogP contribution in [0.25, 0.3) is 20.8 Å². The number of aromatic hydroxyl groups is 1. The third-order valence-electron chi connectivity index (χ3n) is 3.42. The van der Waals surface area contributed by atoms with Crippen LogP contribution in [0.1, 0.15) is 13.8 Å². The summed E-state index contributed by atoms with van der Waals surface area (Å²) in [6.07, 6.45) is 0. The summed E-state index contributed by atoms with van der Waals surface area (Å²) in [6.45, 7) is 3.80. The van der Waals surface area contributed by atoms with Gasteiger partial charge in [0, 0.05) is 12.5 Å². The van der Waals surface area contributed by atoms with E-state index in [0.29, 0.717) is 6.61 Å². The number of aromatic nitrogens is 1. The number of hydrogen-bond acceptors (Lipinski definition) is 5. The van der Waals surface area contributed by atoms with E-state index in [1.807, 2.05) is 37.3 Å². The monoisotopic (exact) mass is 342 g/mol. The van der Waals surface area contributed by atoms with Crippen LogP contribution in [0.2, 0.25) is 0 Å². The summed E-state index contributed by atoms with van der Waals surface area (Å²) in [5.41, 5.74) is 1.87. The lowest BCUT2D eigenvalue weighted by molar-refractivity contribution is -0.119. The zero-order valence-electron chi connectivity index (χ0n) is 13.4. The van der Waals surface area contributed by atoms with Crippen molar-refractivity contribution in [3.8, 4) is 22.1 Å². The van der Waals surface area contributed by atoms with Crippen LogP contribution in [0.4, 0.5) is 0 Å². The van der Waals surface area contributed by atoms with Crippen molar-refractivity contribution in [3.63, 3.8) is 0 Å². The number of rotatable bonds is 5. The Bertz CT molecular complexity index is 858. The number of carbonyl (C=O) groups is 1. The highest BCUT2D eigenvalue weighted by molar-refractivity contribution is 7.21. The number of thiazole rings is 1. The molecule has 0 saturated carbocycles. The second-order valence-electron chi connectivity index (χ2n) is 5.61. The summed E-state index contributed by atoms with van der Waals surface area (Å²) in [4.78, 5) is 15.6. The molecule has 2 aromatic carbocycles. The molecule has 124 valence electrons. The summed E-state index contributed by atoms with van der Waals surface area (Å²) in [7, 11) is 0. The molecule has 1 aromatic heterocycles. The molecule has 0 aliphatic rings. The minimum absolute atomic E-state index is 0.0425. The van der Waals surface area contributed by atoms with Crippen molar-refractivity contribution in [1.82, 2.24) is 10.3 Å². The fourth-order valence-electron chi connectivity index (χ4n) is 2.34. The third kappa shape index (κ3) is 3.83. The van der Waals surface area contributed by atoms with Crippen LogP contribution in [0.15, 0.2) is 42.5 Å². The van der Waals surface area contributed by atoms with Gasteiger partial charge in [0.1, 0.15) is 23.1 Å². The van der Waals surface area contributed by atoms with E-state index in [2.05, 4.69) is 10.3 Å². The first-order valence-electron chi connectivity index (χ1n) is 7.61. The number of amides is 1. The van der Waals surface area contributed by atoms with Crippen LogP contribution in [-0.2, 0) is 4.79 Å². The summed E-state index contributed by atoms with van der Waals surface area (Å²) < 4.78 is 6.62. The number of carbonyl (C=O) groups excluding carboxylic acids is 1. The maximum Gasteiger partial charge on any atom is 0.217 e. The summed E-state index contributed by atoms with van der Waals surface area (Å²) >= 11 is 1.54. The first-order chi connectivity index (χ1) is 11.5. The largest absolute Gasteiger partial charge is 0.508 e. The molecule has 0 fully saturated rings. The molecule has 0 spiro atoms. The van der Waals surface area contributed by atoms with Crippen LogP contribution >= 0.6 is 11.3 Å². The second-order valence-corrected chi connectivity index (χ2v) is 6.64. The number of fused-ring (bicyclic) bond motifs is 1. The van der Waals surface area contributed by atoms with E-state index in [1.165, 1.54) is 18.3 Å². The average molecular weight is 342 g/mol. The van der Waals surface area contributed by atoms with Gasteiger partial charge in [-0.1, -0.05) is 0 Å². The van der Waals surface area contributed by atoms with Gasteiger partial charge in [0.15, 0.2) is 0 Å². The SMILES string of the molecule is CC(=O)N[C@@H](C)COc1ccc(-c2nc3ccc(O)cc3s2)cc1. The Kier molecular flexibility index (Phi) is 4.66. The zero-order chi connectivity index (χ0) is 17.1. The van der Waals surface area contributed by atoms with Gasteiger partial charge in [0.25, 0.3) is 0 Å². The molecule has 1 amide bonds. The lowest BCUT2D eigenvalue weighted by atomic mass is 10.2. The Morgan fingerprint density at radius 2 is 2.04 bits per heavy atom. The lowest BCUT2D eigenvalue weighted by Crippen LogP contribution is -2.35. The quantitative estimate of drug-likeness (QED) is 0.743. The highest BCUT2D eigenvalue weighted by Crippen LogP contribution is 2.32. The minimum atomic E-state index is -0.0664. The van der Waals surface area contributed by atoms with Gasteiger partial charge in [-0.05, 0) is 49.4 Å². The summed E-state index contributed by atoms with van der Waals surface area (Å²) in [6, 6.07) is 12.8. The number of ether oxygens (including phenoxy) is 1. The number of benzene rings is 2. The van der Waals surface area contributed by atoms with E-state index in [4.69, 9.17) is 4.74 Å². The number of phenolic OH excluding ortho intramolecular Hbond substituents is 1. The molecule has 5 nitrogen and oxygen atoms in total. The van der Waals surface area contributed by atoms with Crippen LogP contribution in [0.5, 0.6) is 11.5 Å². The molecule has 3 rings (SSSR count). The van der Waals surface area contributed by atoms with E-state index in [1.54, 1.807) is 12.1 Å². The summed E-state index contributed by atoms with van der Waals surface area (Å²) in [5.74, 6) is 0.924. The number of phenols is 1. The molecule has 0 unspecified atom stereocenters. The molecular formula is C18H18N2O3S. The average Bonchev–Trinajstić information content (AvgIpc) is 2.96. The zero-order valence-corrected chi connectivity index (χ0v) is 14.3. The van der Waals surface area contributed by atoms with E-state index < -0.39 is 0 Å². The van der Waals surface area contributed by atoms with Crippen molar-refractivity contribution in [2.45, 2.75) is 19.9 Å². The topological polar surface area (TPSA) is 71.5 Å². The highest BCUT2D eigenvalue weighted by Gasteiger charge is 2.08. The van der Waals surface area contributed by atoms with Crippen molar-refractivity contribution in [2.75, 3.05) is 6.61 Å². The van der Waals surface area contributed by atoms with Gasteiger partial charge >= 0.3 is 0 Å². The molecule has 1 atom stereocenters. The highest BCUT2D eigenvalue weighted by atomic mass is 32.1. The van der Waals surface area contributed by atoms with Gasteiger partial charge in [-0.2, -0.15) is 0 Å². The van der Waals surface area contributed by atoms with Crippen molar-refractivity contribution < 1.29 is 14.6 Å². The molecular weight excluding hydrogens is 324 g/mol. The van der Waals surface area contributed by atoms with Gasteiger partial charge in [0.2, 0.25) is 5.91 Å². The van der Waals surface area contributed by atoms with Crippen LogP contribution in [0, 0.1) is 0 Å². The van der Waals surface area contributed by atoms with E-state index in [9.17, 15) is 9.90 Å². The maximum absolute atomic E-state index is 11.0. The third-order valence-corrected chi connectivity index (χ3v) is 4.49. The van der Waals surface area contributed by atoms with E-state index >= 15 is 0 Å². The normalized spacial score (nSPS) is 12.1. The predicted octanol–water partition coefficient (Wildman–Crippen LogP) is 3.57. The fourth-order valence-corrected chi connectivity index (χ4v) is 3.34. The first-order valence-corrected chi connectivity index (χ1v) is 8.43. The van der Waals surface area contributed by atoms with Crippen LogP contribution < -0.4 is 10.1 Å². The number of nitrogens with one attached hydrogen (secondary N) is 1. The van der Waals surface area contributed by atoms with Crippen LogP contribution in [0.3, 0.4) is 0 Å². The molecule has 24 heavy (non-hydrogen) atoms. The Balaban J connectivity index is 1.70. The molecule has 1 heterocycles. The van der Waals surface area contributed by atoms with Gasteiger partial charge in [-0.15, -0.1) is 11.3 Å². The molecule has 2 N–H and O–H groups in total. The maximum atomic E-state index is 11.0. The van der Waals surface area contributed by atoms with E-state index in [0.717, 1.165) is 26.5 Å². The van der Waals surface area contributed by atoms with Crippen molar-refractivity contribution >= 4 is 27.5 Å². The van der Waals surface area contributed by atoms with Crippen molar-refractivity contribution in [3.05, 3.63) is 42.5 Å². The van der Waals surface area contributed by atoms with Gasteiger partial charge in [0.05, 0.1) is 16.3 Å². The lowest BCUT2D eigenvalue weighted by Gasteiger charge is -2.13. The fraction of sp³-hybridized carbons (Fsp3) is 0.222. The Morgan fingerprint density at radius 1 is 1.29 bits per heavy atom. The van der Waals surface area contributed by atoms with Crippen LogP contribution in [-0.4, -0.2) is 28.6 Å². The Hall–Kier alpha value is -2.60. The first kappa shape index (κ1) is 16.3. The predicted molar refractivity (Wildman–Crippen MR) is 95.5 cm³/mol. The molecule has 3 aromatic rings. The number of hydrogen-bond donors (Lipinski definition) is 2. The van der Waals surface area contributed by atoms with Gasteiger partial charge in [-0.25, -0.2) is 4.98 Å². The van der Waals surface area contributed by atoms with Gasteiger partial charge in [-0.3, -0.25) is 4.79 Å². The second kappa shape index (κ2) is 6.88. The van der Waals surface area contributed by atoms with Crippen molar-refractivity contribution in [1.29, 1.82) is 0 Å². The summed E-state index contributed by atoms with van der Waals surface area (Å²) in [5, 5.41) is 13.2. The molecule has 0 aliphatic carbocycles. The standard InChI is InChI=1S/C18H18N2O3S/c1-11(19-12(2)21)10-23-15-6-3-13(4-7-15)18-20-16-8-5-14(22)9-17(16)24-18/h3-9,11,22H,10H2,1-2H3,(H,19,21)/t11-/m0/s1.